The first-order valence-electron chi connectivity index (χ1n) is 21.3. The summed E-state index contributed by atoms with van der Waals surface area (Å²) in [5.74, 6) is 1.99. The number of anilines is 6. The Kier molecular flexibility index (Phi) is 7.39. The Morgan fingerprint density at radius 3 is 1.47 bits per heavy atom. The highest BCUT2D eigenvalue weighted by Crippen LogP contribution is 2.63. The van der Waals surface area contributed by atoms with Gasteiger partial charge in [0.2, 0.25) is 0 Å². The predicted molar refractivity (Wildman–Crippen MR) is 253 cm³/mol. The van der Waals surface area contributed by atoms with E-state index in [2.05, 4.69) is 207 Å². The molecule has 0 N–H and O–H groups in total. The van der Waals surface area contributed by atoms with E-state index < -0.39 is 7.92 Å². The molecule has 0 saturated carbocycles. The maximum atomic E-state index is 7.35. The van der Waals surface area contributed by atoms with E-state index in [4.69, 9.17) is 4.74 Å². The molecule has 11 rings (SSSR count). The van der Waals surface area contributed by atoms with Gasteiger partial charge in [0, 0.05) is 30.0 Å². The molecule has 0 amide bonds. The second kappa shape index (κ2) is 11.9. The SMILES string of the molecule is CC(C)(C)c1cc2c3c(c1)N(c1ccc4c(c1)C(C)(C)c1ccccc1-4)c1cc(C(C)(C)C)cc4c1P3c1c(cc(C(C)(C)C)cc1N4c1ccc3ccccc3c1)O2. The van der Waals surface area contributed by atoms with Crippen molar-refractivity contribution in [1.29, 1.82) is 0 Å². The number of rotatable bonds is 2. The maximum Gasteiger partial charge on any atom is 0.138 e. The number of nitrogens with zero attached hydrogens (tertiary/aromatic N) is 2. The van der Waals surface area contributed by atoms with Crippen LogP contribution in [0.4, 0.5) is 34.1 Å². The zero-order chi connectivity index (χ0) is 41.1. The van der Waals surface area contributed by atoms with Crippen LogP contribution in [-0.4, -0.2) is 0 Å². The van der Waals surface area contributed by atoms with Crippen LogP contribution in [-0.2, 0) is 21.7 Å². The van der Waals surface area contributed by atoms with E-state index in [9.17, 15) is 0 Å². The quantitative estimate of drug-likeness (QED) is 0.162. The molecule has 4 aliphatic rings. The topological polar surface area (TPSA) is 15.7 Å². The molecule has 1 atom stereocenters. The van der Waals surface area contributed by atoms with Crippen molar-refractivity contribution >= 4 is 68.7 Å². The maximum absolute atomic E-state index is 7.35. The summed E-state index contributed by atoms with van der Waals surface area (Å²) in [4.78, 5) is 5.19. The highest BCUT2D eigenvalue weighted by atomic mass is 31.1. The summed E-state index contributed by atoms with van der Waals surface area (Å²) in [5.41, 5.74) is 16.3. The minimum absolute atomic E-state index is 0.0844. The first-order chi connectivity index (χ1) is 27.9. The molecule has 59 heavy (non-hydrogen) atoms. The minimum Gasteiger partial charge on any atom is -0.456 e. The summed E-state index contributed by atoms with van der Waals surface area (Å²) >= 11 is 0. The molecule has 1 aliphatic carbocycles. The van der Waals surface area contributed by atoms with Crippen molar-refractivity contribution in [2.24, 2.45) is 0 Å². The van der Waals surface area contributed by atoms with Crippen LogP contribution in [0.2, 0.25) is 0 Å². The number of hydrogen-bond donors (Lipinski definition) is 0. The first-order valence-corrected chi connectivity index (χ1v) is 22.6. The van der Waals surface area contributed by atoms with Crippen LogP contribution in [0.1, 0.15) is 104 Å². The zero-order valence-corrected chi connectivity index (χ0v) is 37.2. The van der Waals surface area contributed by atoms with Crippen molar-refractivity contribution in [1.82, 2.24) is 0 Å². The third-order valence-electron chi connectivity index (χ3n) is 13.4. The van der Waals surface area contributed by atoms with Gasteiger partial charge in [-0.2, -0.15) is 0 Å². The van der Waals surface area contributed by atoms with Crippen molar-refractivity contribution < 1.29 is 4.74 Å². The standard InChI is InChI=1S/C55H53N2OP/c1-52(2,3)34-25-43-49-44(26-34)57(38-22-23-40-39-18-14-15-19-41(39)55(10,11)42(40)31-38)46-28-36(54(7,8)9)30-48-51(46)59(49)50-45(27-35(53(4,5)6)29-47(50)58-48)56(43)37-21-20-32-16-12-13-17-33(32)24-37/h12-31H,1-11H3. The summed E-state index contributed by atoms with van der Waals surface area (Å²) < 4.78 is 7.35. The number of benzene rings is 7. The van der Waals surface area contributed by atoms with Crippen LogP contribution in [0.15, 0.2) is 121 Å². The molecule has 0 bridgehead atoms. The second-order valence-electron chi connectivity index (χ2n) is 20.8. The average molecular weight is 789 g/mol. The number of ether oxygens (including phenoxy) is 1. The van der Waals surface area contributed by atoms with E-state index in [0.29, 0.717) is 0 Å². The van der Waals surface area contributed by atoms with Crippen molar-refractivity contribution in [3.05, 3.63) is 149 Å². The molecule has 7 aromatic carbocycles. The van der Waals surface area contributed by atoms with Crippen LogP contribution in [0.25, 0.3) is 21.9 Å². The largest absolute Gasteiger partial charge is 0.456 e. The van der Waals surface area contributed by atoms with E-state index in [1.165, 1.54) is 99.8 Å². The lowest BCUT2D eigenvalue weighted by Crippen LogP contribution is -2.44. The van der Waals surface area contributed by atoms with Crippen molar-refractivity contribution in [2.75, 3.05) is 9.80 Å². The Morgan fingerprint density at radius 2 is 0.898 bits per heavy atom. The van der Waals surface area contributed by atoms with Gasteiger partial charge < -0.3 is 14.5 Å². The Morgan fingerprint density at radius 1 is 0.441 bits per heavy atom. The van der Waals surface area contributed by atoms with Crippen molar-refractivity contribution in [3.63, 3.8) is 0 Å². The second-order valence-corrected chi connectivity index (χ2v) is 22.9. The summed E-state index contributed by atoms with van der Waals surface area (Å²) in [6.45, 7) is 25.8. The molecule has 0 saturated heterocycles. The Balaban J connectivity index is 1.27. The van der Waals surface area contributed by atoms with Gasteiger partial charge in [0.05, 0.1) is 33.4 Å². The number of fused-ring (bicyclic) bond motifs is 4. The summed E-state index contributed by atoms with van der Waals surface area (Å²) in [6, 6.07) is 46.7. The zero-order valence-electron chi connectivity index (χ0n) is 36.3. The molecule has 0 aromatic heterocycles. The van der Waals surface area contributed by atoms with E-state index in [1.54, 1.807) is 0 Å². The van der Waals surface area contributed by atoms with Crippen LogP contribution < -0.4 is 30.5 Å². The molecular weight excluding hydrogens is 736 g/mol. The average Bonchev–Trinajstić information content (AvgIpc) is 3.41. The lowest BCUT2D eigenvalue weighted by molar-refractivity contribution is 0.480. The minimum atomic E-state index is -0.987. The summed E-state index contributed by atoms with van der Waals surface area (Å²) in [5, 5.41) is 6.53. The smallest absolute Gasteiger partial charge is 0.138 e. The normalized spacial score (nSPS) is 16.8. The fourth-order valence-electron chi connectivity index (χ4n) is 10.0. The van der Waals surface area contributed by atoms with Crippen LogP contribution >= 0.6 is 7.92 Å². The fourth-order valence-corrected chi connectivity index (χ4v) is 12.9. The molecule has 3 nitrogen and oxygen atoms in total. The molecule has 3 aliphatic heterocycles. The monoisotopic (exact) mass is 788 g/mol. The van der Waals surface area contributed by atoms with Crippen LogP contribution in [0.3, 0.4) is 0 Å². The van der Waals surface area contributed by atoms with Gasteiger partial charge in [-0.05, 0) is 127 Å². The Labute approximate surface area is 351 Å². The summed E-state index contributed by atoms with van der Waals surface area (Å²) in [6.07, 6.45) is 0. The third-order valence-corrected chi connectivity index (χ3v) is 16.1. The van der Waals surface area contributed by atoms with Gasteiger partial charge in [-0.3, -0.25) is 0 Å². The Hall–Kier alpha value is -5.37. The lowest BCUT2D eigenvalue weighted by atomic mass is 9.82. The predicted octanol–water partition coefficient (Wildman–Crippen LogP) is 14.5. The Bertz CT molecular complexity index is 2970. The van der Waals surface area contributed by atoms with E-state index in [-0.39, 0.29) is 21.7 Å². The summed E-state index contributed by atoms with van der Waals surface area (Å²) in [7, 11) is -0.987. The first kappa shape index (κ1) is 36.7. The molecule has 0 fully saturated rings. The molecule has 0 radical (unpaired) electrons. The highest BCUT2D eigenvalue weighted by molar-refractivity contribution is 7.81. The third kappa shape index (κ3) is 5.23. The van der Waals surface area contributed by atoms with Gasteiger partial charge >= 0.3 is 0 Å². The molecule has 3 heterocycles. The van der Waals surface area contributed by atoms with Crippen molar-refractivity contribution in [2.45, 2.75) is 97.8 Å². The van der Waals surface area contributed by atoms with Crippen LogP contribution in [0.5, 0.6) is 11.5 Å². The molecule has 7 aromatic rings. The van der Waals surface area contributed by atoms with E-state index in [0.717, 1.165) is 11.5 Å². The van der Waals surface area contributed by atoms with Gasteiger partial charge in [-0.25, -0.2) is 0 Å². The molecule has 294 valence electrons. The van der Waals surface area contributed by atoms with E-state index in [1.807, 2.05) is 0 Å². The van der Waals surface area contributed by atoms with Gasteiger partial charge in [0.15, 0.2) is 0 Å². The number of hydrogen-bond acceptors (Lipinski definition) is 3. The molecule has 0 spiro atoms. The molecule has 4 heteroatoms. The van der Waals surface area contributed by atoms with Gasteiger partial charge in [0.1, 0.15) is 11.5 Å². The van der Waals surface area contributed by atoms with Crippen molar-refractivity contribution in [3.8, 4) is 22.6 Å². The van der Waals surface area contributed by atoms with E-state index >= 15 is 0 Å². The fraction of sp³-hybridized carbons (Fsp3) is 0.273. The van der Waals surface area contributed by atoms with Crippen LogP contribution in [0, 0.1) is 0 Å². The van der Waals surface area contributed by atoms with Gasteiger partial charge in [-0.15, -0.1) is 0 Å². The highest BCUT2D eigenvalue weighted by Gasteiger charge is 2.48. The van der Waals surface area contributed by atoms with Gasteiger partial charge in [-0.1, -0.05) is 137 Å². The van der Waals surface area contributed by atoms with Gasteiger partial charge in [0.25, 0.3) is 0 Å². The lowest BCUT2D eigenvalue weighted by Gasteiger charge is -2.48. The molecule has 1 unspecified atom stereocenters. The molecular formula is C55H53N2OP.